The molecular weight excluding hydrogens is 528 g/mol. The molecule has 1 atom stereocenters. The number of carbonyl (C=O) groups is 2. The number of ether oxygens (including phenoxy) is 1. The molecule has 2 amide bonds. The maximum Gasteiger partial charge on any atom is 0.237 e. The zero-order valence-electron chi connectivity index (χ0n) is 26.1. The summed E-state index contributed by atoms with van der Waals surface area (Å²) in [5.41, 5.74) is 5.11. The summed E-state index contributed by atoms with van der Waals surface area (Å²) >= 11 is 0. The van der Waals surface area contributed by atoms with Crippen molar-refractivity contribution in [2.24, 2.45) is 0 Å². The van der Waals surface area contributed by atoms with E-state index < -0.39 is 0 Å². The summed E-state index contributed by atoms with van der Waals surface area (Å²) < 4.78 is 4.99. The van der Waals surface area contributed by atoms with E-state index in [4.69, 9.17) is 10.1 Å². The first-order valence-corrected chi connectivity index (χ1v) is 15.3. The number of nitrogens with one attached hydrogen (secondary N) is 5. The van der Waals surface area contributed by atoms with Crippen LogP contribution in [0.4, 0.5) is 5.69 Å². The lowest BCUT2D eigenvalue weighted by Crippen LogP contribution is -2.40. The van der Waals surface area contributed by atoms with E-state index >= 15 is 0 Å². The van der Waals surface area contributed by atoms with Gasteiger partial charge in [0.15, 0.2) is 0 Å². The second-order valence-corrected chi connectivity index (χ2v) is 10.8. The maximum atomic E-state index is 12.0. The first kappa shape index (κ1) is 34.8. The molecule has 9 nitrogen and oxygen atoms in total. The molecular formula is C33H52N6O3. The van der Waals surface area contributed by atoms with Crippen LogP contribution in [-0.4, -0.2) is 76.0 Å². The highest BCUT2D eigenvalue weighted by atomic mass is 16.5. The third-order valence-electron chi connectivity index (χ3n) is 7.36. The Labute approximate surface area is 252 Å². The molecule has 2 aromatic rings. The van der Waals surface area contributed by atoms with Crippen molar-refractivity contribution in [1.82, 2.24) is 20.9 Å². The predicted octanol–water partition coefficient (Wildman–Crippen LogP) is 4.37. The molecule has 0 spiro atoms. The van der Waals surface area contributed by atoms with Gasteiger partial charge in [-0.2, -0.15) is 0 Å². The van der Waals surface area contributed by atoms with Crippen LogP contribution in [0.3, 0.4) is 0 Å². The van der Waals surface area contributed by atoms with Gasteiger partial charge in [-0.1, -0.05) is 47.9 Å². The average molecular weight is 581 g/mol. The Morgan fingerprint density at radius 1 is 0.976 bits per heavy atom. The van der Waals surface area contributed by atoms with E-state index in [1.165, 1.54) is 63.4 Å². The summed E-state index contributed by atoms with van der Waals surface area (Å²) in [5.74, 6) is 0.138. The van der Waals surface area contributed by atoms with E-state index in [-0.39, 0.29) is 17.8 Å². The van der Waals surface area contributed by atoms with E-state index in [2.05, 4.69) is 59.4 Å². The number of benzene rings is 2. The molecule has 5 N–H and O–H groups in total. The minimum atomic E-state index is -0.0710. The molecule has 0 radical (unpaired) electrons. The molecule has 3 fully saturated rings. The van der Waals surface area contributed by atoms with Gasteiger partial charge in [-0.3, -0.25) is 15.0 Å². The van der Waals surface area contributed by atoms with Gasteiger partial charge in [-0.25, -0.2) is 0 Å². The number of amides is 2. The fourth-order valence-corrected chi connectivity index (χ4v) is 4.72. The Balaban J connectivity index is 0.000000236. The predicted molar refractivity (Wildman–Crippen MR) is 172 cm³/mol. The molecule has 0 aliphatic carbocycles. The molecule has 3 heterocycles. The summed E-state index contributed by atoms with van der Waals surface area (Å²) in [6.07, 6.45) is 9.46. The van der Waals surface area contributed by atoms with Crippen LogP contribution in [0.15, 0.2) is 42.5 Å². The number of anilines is 1. The van der Waals surface area contributed by atoms with Crippen LogP contribution < -0.4 is 21.3 Å². The van der Waals surface area contributed by atoms with Crippen molar-refractivity contribution in [2.75, 3.05) is 52.2 Å². The van der Waals surface area contributed by atoms with E-state index in [9.17, 15) is 9.59 Å². The number of carbonyl (C=O) groups excluding carboxylic acids is 2. The average Bonchev–Trinajstić information content (AvgIpc) is 3.78. The third kappa shape index (κ3) is 13.5. The SMILES string of the molecule is C1CCNCC1.CNc1ccc(CNC(=O)C2CCCN2)cc1C(=N)OC.Cc1ccc(C)cc1.O=CN1CCCC1. The van der Waals surface area contributed by atoms with Crippen LogP contribution in [-0.2, 0) is 20.9 Å². The zero-order chi connectivity index (χ0) is 30.6. The summed E-state index contributed by atoms with van der Waals surface area (Å²) in [4.78, 5) is 23.7. The van der Waals surface area contributed by atoms with Gasteiger partial charge in [0.1, 0.15) is 0 Å². The van der Waals surface area contributed by atoms with Gasteiger partial charge in [0.05, 0.1) is 18.7 Å². The van der Waals surface area contributed by atoms with Crippen molar-refractivity contribution in [1.29, 1.82) is 5.41 Å². The summed E-state index contributed by atoms with van der Waals surface area (Å²) in [5, 5.41) is 20.2. The van der Waals surface area contributed by atoms with E-state index in [0.29, 0.717) is 12.1 Å². The number of hydrogen-bond donors (Lipinski definition) is 5. The van der Waals surface area contributed by atoms with Gasteiger partial charge >= 0.3 is 0 Å². The second-order valence-electron chi connectivity index (χ2n) is 10.8. The monoisotopic (exact) mass is 580 g/mol. The smallest absolute Gasteiger partial charge is 0.237 e. The Bertz CT molecular complexity index is 1030. The Kier molecular flexibility index (Phi) is 16.9. The molecule has 2 aromatic carbocycles. The van der Waals surface area contributed by atoms with Crippen LogP contribution in [0.1, 0.15) is 67.2 Å². The van der Waals surface area contributed by atoms with Gasteiger partial charge in [-0.15, -0.1) is 0 Å². The van der Waals surface area contributed by atoms with Gasteiger partial charge < -0.3 is 30.9 Å². The lowest BCUT2D eigenvalue weighted by molar-refractivity contribution is -0.123. The number of methoxy groups -OCH3 is 1. The van der Waals surface area contributed by atoms with E-state index in [1.807, 2.05) is 18.2 Å². The van der Waals surface area contributed by atoms with Crippen LogP contribution in [0, 0.1) is 19.3 Å². The number of hydrogen-bond acceptors (Lipinski definition) is 7. The largest absolute Gasteiger partial charge is 0.481 e. The lowest BCUT2D eigenvalue weighted by Gasteiger charge is -2.14. The van der Waals surface area contributed by atoms with Crippen molar-refractivity contribution >= 4 is 23.9 Å². The molecule has 232 valence electrons. The van der Waals surface area contributed by atoms with Gasteiger partial charge in [-0.05, 0) is 89.7 Å². The highest BCUT2D eigenvalue weighted by molar-refractivity contribution is 5.97. The molecule has 3 aliphatic heterocycles. The summed E-state index contributed by atoms with van der Waals surface area (Å²) in [6.45, 7) is 10.0. The quantitative estimate of drug-likeness (QED) is 0.197. The first-order chi connectivity index (χ1) is 20.4. The molecule has 1 unspecified atom stereocenters. The second kappa shape index (κ2) is 20.4. The normalized spacial score (nSPS) is 17.2. The van der Waals surface area contributed by atoms with Crippen LogP contribution in [0.25, 0.3) is 0 Å². The van der Waals surface area contributed by atoms with Crippen molar-refractivity contribution in [3.05, 3.63) is 64.7 Å². The van der Waals surface area contributed by atoms with Gasteiger partial charge in [0.2, 0.25) is 18.2 Å². The Morgan fingerprint density at radius 3 is 2.05 bits per heavy atom. The highest BCUT2D eigenvalue weighted by Crippen LogP contribution is 2.18. The van der Waals surface area contributed by atoms with Crippen molar-refractivity contribution in [3.63, 3.8) is 0 Å². The topological polar surface area (TPSA) is 119 Å². The van der Waals surface area contributed by atoms with E-state index in [1.54, 1.807) is 11.9 Å². The standard InChI is InChI=1S/C15H22N4O2.C8H10.C5H9NO.C5H11N/c1-17-12-6-5-10(8-11(12)14(16)21-2)9-19-15(20)13-4-3-7-18-13;1-7-3-5-8(2)6-4-7;7-5-6-3-1-2-4-6;1-2-4-6-5-3-1/h5-6,8,13,16-18H,3-4,7,9H2,1-2H3,(H,19,20);3-6H,1-2H3;5H,1-4H2;6H,1-5H2. The molecule has 3 saturated heterocycles. The molecule has 0 bridgehead atoms. The van der Waals surface area contributed by atoms with Crippen LogP contribution in [0.2, 0.25) is 0 Å². The fourth-order valence-electron chi connectivity index (χ4n) is 4.72. The van der Waals surface area contributed by atoms with Crippen molar-refractivity contribution < 1.29 is 14.3 Å². The molecule has 42 heavy (non-hydrogen) atoms. The Morgan fingerprint density at radius 2 is 1.62 bits per heavy atom. The molecule has 9 heteroatoms. The molecule has 0 aromatic heterocycles. The fraction of sp³-hybridized carbons (Fsp3) is 0.545. The summed E-state index contributed by atoms with van der Waals surface area (Å²) in [6, 6.07) is 14.1. The number of rotatable bonds is 6. The number of aryl methyl sites for hydroxylation is 2. The Hall–Kier alpha value is -3.43. The van der Waals surface area contributed by atoms with E-state index in [0.717, 1.165) is 50.1 Å². The van der Waals surface area contributed by atoms with Crippen LogP contribution >= 0.6 is 0 Å². The van der Waals surface area contributed by atoms with Gasteiger partial charge in [0.25, 0.3) is 0 Å². The van der Waals surface area contributed by atoms with Gasteiger partial charge in [0, 0.05) is 32.4 Å². The first-order valence-electron chi connectivity index (χ1n) is 15.3. The minimum absolute atomic E-state index is 0.0357. The van der Waals surface area contributed by atoms with Crippen LogP contribution in [0.5, 0.6) is 0 Å². The van der Waals surface area contributed by atoms with Crippen molar-refractivity contribution in [2.45, 2.75) is 71.4 Å². The third-order valence-corrected chi connectivity index (χ3v) is 7.36. The zero-order valence-corrected chi connectivity index (χ0v) is 26.1. The molecule has 0 saturated carbocycles. The number of likely N-dealkylation sites (tertiary alicyclic amines) is 1. The maximum absolute atomic E-state index is 12.0. The summed E-state index contributed by atoms with van der Waals surface area (Å²) in [7, 11) is 3.27. The number of nitrogens with zero attached hydrogens (tertiary/aromatic N) is 1. The molecule has 3 aliphatic rings. The molecule has 5 rings (SSSR count). The number of piperidine rings is 1. The van der Waals surface area contributed by atoms with Crippen molar-refractivity contribution in [3.8, 4) is 0 Å². The highest BCUT2D eigenvalue weighted by Gasteiger charge is 2.21. The lowest BCUT2D eigenvalue weighted by atomic mass is 10.1. The minimum Gasteiger partial charge on any atom is -0.481 e.